The Balaban J connectivity index is 1.77. The van der Waals surface area contributed by atoms with E-state index < -0.39 is 0 Å². The van der Waals surface area contributed by atoms with E-state index in [2.05, 4.69) is 35.9 Å². The number of aromatic amines is 2. The summed E-state index contributed by atoms with van der Waals surface area (Å²) in [7, 11) is 0. The number of rotatable bonds is 6. The van der Waals surface area contributed by atoms with Crippen LogP contribution in [0.25, 0.3) is 16.6 Å². The lowest BCUT2D eigenvalue weighted by molar-refractivity contribution is 0.184. The van der Waals surface area contributed by atoms with Crippen LogP contribution < -0.4 is 5.32 Å². The van der Waals surface area contributed by atoms with Crippen LogP contribution in [0.3, 0.4) is 0 Å². The summed E-state index contributed by atoms with van der Waals surface area (Å²) in [6.07, 6.45) is 2.52. The first kappa shape index (κ1) is 15.6. The number of fused-ring (bicyclic) bond motifs is 1. The number of imidazole rings is 1. The fraction of sp³-hybridized carbons (Fsp3) is 0.267. The number of aryl methyl sites for hydroxylation is 1. The van der Waals surface area contributed by atoms with E-state index in [1.54, 1.807) is 6.92 Å². The highest BCUT2D eigenvalue weighted by molar-refractivity contribution is 5.81. The number of nitrogens with one attached hydrogen (secondary N) is 3. The van der Waals surface area contributed by atoms with Gasteiger partial charge < -0.3 is 15.4 Å². The van der Waals surface area contributed by atoms with Gasteiger partial charge in [0.25, 0.3) is 0 Å². The molecule has 0 aliphatic rings. The van der Waals surface area contributed by atoms with Crippen molar-refractivity contribution < 1.29 is 5.11 Å². The highest BCUT2D eigenvalue weighted by Gasteiger charge is 2.07. The van der Waals surface area contributed by atoms with Crippen LogP contribution in [0.2, 0.25) is 0 Å². The number of hydrogen-bond acceptors (Lipinski definition) is 7. The summed E-state index contributed by atoms with van der Waals surface area (Å²) in [5, 5.41) is 34.8. The van der Waals surface area contributed by atoms with Gasteiger partial charge in [-0.25, -0.2) is 4.98 Å². The summed E-state index contributed by atoms with van der Waals surface area (Å²) in [5.74, 6) is 1.07. The van der Waals surface area contributed by atoms with Crippen LogP contribution >= 0.6 is 0 Å². The molecule has 1 atom stereocenters. The smallest absolute Gasteiger partial charge is 0.216 e. The summed E-state index contributed by atoms with van der Waals surface area (Å²) in [5.41, 5.74) is 2.80. The van der Waals surface area contributed by atoms with Crippen LogP contribution in [-0.2, 0) is 6.42 Å². The van der Waals surface area contributed by atoms with Gasteiger partial charge in [-0.3, -0.25) is 0 Å². The van der Waals surface area contributed by atoms with Gasteiger partial charge in [0.1, 0.15) is 17.5 Å². The van der Waals surface area contributed by atoms with Gasteiger partial charge in [0.2, 0.25) is 5.82 Å². The van der Waals surface area contributed by atoms with Crippen molar-refractivity contribution in [1.82, 2.24) is 30.6 Å². The van der Waals surface area contributed by atoms with Crippen LogP contribution in [0.15, 0.2) is 24.4 Å². The quantitative estimate of drug-likeness (QED) is 0.502. The molecule has 9 nitrogen and oxygen atoms in total. The lowest BCUT2D eigenvalue weighted by Crippen LogP contribution is -2.02. The molecule has 24 heavy (non-hydrogen) atoms. The summed E-state index contributed by atoms with van der Waals surface area (Å²) in [4.78, 5) is 7.72. The average Bonchev–Trinajstić information content (AvgIpc) is 3.22. The second kappa shape index (κ2) is 6.89. The lowest BCUT2D eigenvalue weighted by atomic mass is 10.2. The Morgan fingerprint density at radius 2 is 2.38 bits per heavy atom. The van der Waals surface area contributed by atoms with Crippen molar-refractivity contribution in [2.75, 3.05) is 5.32 Å². The minimum atomic E-state index is -0.352. The molecule has 0 aliphatic carbocycles. The third-order valence-corrected chi connectivity index (χ3v) is 3.42. The molecule has 2 heterocycles. The average molecular weight is 324 g/mol. The SMILES string of the molecule is CC(O)CCc1nc2ccc(NC=C(C#N)c3nn[nH]n3)cc2[nH]1. The van der Waals surface area contributed by atoms with Crippen molar-refractivity contribution in [3.8, 4) is 6.07 Å². The normalized spacial score (nSPS) is 13.0. The van der Waals surface area contributed by atoms with Crippen molar-refractivity contribution >= 4 is 22.3 Å². The Bertz CT molecular complexity index is 888. The maximum absolute atomic E-state index is 9.36. The number of benzene rings is 1. The van der Waals surface area contributed by atoms with E-state index in [9.17, 15) is 5.11 Å². The lowest BCUT2D eigenvalue weighted by Gasteiger charge is -2.01. The standard InChI is InChI=1S/C15H16N8O/c1-9(24)2-5-14-18-12-4-3-11(6-13(12)19-14)17-8-10(7-16)15-20-22-23-21-15/h3-4,6,8-9,17,24H,2,5H2,1H3,(H,18,19)(H,20,21,22,23). The predicted molar refractivity (Wildman–Crippen MR) is 87.5 cm³/mol. The molecule has 2 aromatic heterocycles. The number of tetrazole rings is 1. The number of nitrogens with zero attached hydrogens (tertiary/aromatic N) is 5. The fourth-order valence-electron chi connectivity index (χ4n) is 2.19. The highest BCUT2D eigenvalue weighted by Crippen LogP contribution is 2.19. The molecule has 0 spiro atoms. The number of aromatic nitrogens is 6. The highest BCUT2D eigenvalue weighted by atomic mass is 16.3. The summed E-state index contributed by atoms with van der Waals surface area (Å²) in [6, 6.07) is 7.66. The number of anilines is 1. The van der Waals surface area contributed by atoms with Gasteiger partial charge in [-0.1, -0.05) is 0 Å². The number of nitriles is 1. The molecule has 0 amide bonds. The van der Waals surface area contributed by atoms with Gasteiger partial charge in [-0.05, 0) is 36.8 Å². The fourth-order valence-corrected chi connectivity index (χ4v) is 2.19. The van der Waals surface area contributed by atoms with E-state index in [4.69, 9.17) is 5.26 Å². The van der Waals surface area contributed by atoms with E-state index >= 15 is 0 Å². The van der Waals surface area contributed by atoms with E-state index in [1.165, 1.54) is 6.20 Å². The minimum Gasteiger partial charge on any atom is -0.393 e. The Hall–Kier alpha value is -3.25. The van der Waals surface area contributed by atoms with Gasteiger partial charge in [-0.2, -0.15) is 10.5 Å². The number of allylic oxidation sites excluding steroid dienone is 1. The zero-order chi connectivity index (χ0) is 16.9. The number of aliphatic hydroxyl groups excluding tert-OH is 1. The van der Waals surface area contributed by atoms with Crippen molar-refractivity contribution in [2.45, 2.75) is 25.9 Å². The monoisotopic (exact) mass is 324 g/mol. The second-order valence-electron chi connectivity index (χ2n) is 5.35. The van der Waals surface area contributed by atoms with Gasteiger partial charge in [0, 0.05) is 18.3 Å². The van der Waals surface area contributed by atoms with Gasteiger partial charge in [0.15, 0.2) is 0 Å². The third-order valence-electron chi connectivity index (χ3n) is 3.42. The maximum atomic E-state index is 9.36. The zero-order valence-electron chi connectivity index (χ0n) is 13.0. The first-order chi connectivity index (χ1) is 11.7. The molecule has 1 aromatic carbocycles. The summed E-state index contributed by atoms with van der Waals surface area (Å²) >= 11 is 0. The Morgan fingerprint density at radius 3 is 3.08 bits per heavy atom. The molecule has 0 saturated heterocycles. The Kier molecular flexibility index (Phi) is 4.49. The van der Waals surface area contributed by atoms with Gasteiger partial charge in [-0.15, -0.1) is 10.2 Å². The molecule has 1 unspecified atom stereocenters. The first-order valence-corrected chi connectivity index (χ1v) is 7.43. The molecule has 0 saturated carbocycles. The molecule has 4 N–H and O–H groups in total. The molecule has 9 heteroatoms. The molecule has 3 aromatic rings. The van der Waals surface area contributed by atoms with Gasteiger partial charge in [0.05, 0.1) is 17.1 Å². The van der Waals surface area contributed by atoms with Gasteiger partial charge >= 0.3 is 0 Å². The van der Waals surface area contributed by atoms with Crippen LogP contribution in [0.5, 0.6) is 0 Å². The van der Waals surface area contributed by atoms with Crippen LogP contribution in [0, 0.1) is 11.3 Å². The van der Waals surface area contributed by atoms with Crippen LogP contribution in [-0.4, -0.2) is 41.8 Å². The maximum Gasteiger partial charge on any atom is 0.216 e. The minimum absolute atomic E-state index is 0.230. The van der Waals surface area contributed by atoms with Crippen LogP contribution in [0.1, 0.15) is 25.0 Å². The Labute approximate surface area is 137 Å². The number of aliphatic hydroxyl groups is 1. The largest absolute Gasteiger partial charge is 0.393 e. The summed E-state index contributed by atoms with van der Waals surface area (Å²) in [6.45, 7) is 1.76. The van der Waals surface area contributed by atoms with E-state index in [0.29, 0.717) is 12.8 Å². The van der Waals surface area contributed by atoms with E-state index in [1.807, 2.05) is 24.3 Å². The van der Waals surface area contributed by atoms with Crippen molar-refractivity contribution in [2.24, 2.45) is 0 Å². The number of hydrogen-bond donors (Lipinski definition) is 4. The predicted octanol–water partition coefficient (Wildman–Crippen LogP) is 1.37. The first-order valence-electron chi connectivity index (χ1n) is 7.43. The molecule has 3 rings (SSSR count). The molecule has 0 bridgehead atoms. The van der Waals surface area contributed by atoms with Crippen molar-refractivity contribution in [3.63, 3.8) is 0 Å². The topological polar surface area (TPSA) is 139 Å². The van der Waals surface area contributed by atoms with Crippen molar-refractivity contribution in [3.05, 3.63) is 36.0 Å². The molecular formula is C15H16N8O. The van der Waals surface area contributed by atoms with E-state index in [0.717, 1.165) is 22.5 Å². The van der Waals surface area contributed by atoms with Crippen LogP contribution in [0.4, 0.5) is 5.69 Å². The molecule has 0 fully saturated rings. The second-order valence-corrected chi connectivity index (χ2v) is 5.35. The van der Waals surface area contributed by atoms with E-state index in [-0.39, 0.29) is 17.5 Å². The zero-order valence-corrected chi connectivity index (χ0v) is 13.0. The molecule has 0 aliphatic heterocycles. The molecule has 122 valence electrons. The Morgan fingerprint density at radius 1 is 1.50 bits per heavy atom. The molecular weight excluding hydrogens is 308 g/mol. The van der Waals surface area contributed by atoms with Crippen molar-refractivity contribution in [1.29, 1.82) is 5.26 Å². The number of H-pyrrole nitrogens is 2. The molecule has 0 radical (unpaired) electrons. The third kappa shape index (κ3) is 3.56. The summed E-state index contributed by atoms with van der Waals surface area (Å²) < 4.78 is 0.